The fourth-order valence-electron chi connectivity index (χ4n) is 3.20. The molecule has 0 aromatic carbocycles. The van der Waals surface area contributed by atoms with Gasteiger partial charge in [-0.2, -0.15) is 0 Å². The van der Waals surface area contributed by atoms with Gasteiger partial charge < -0.3 is 14.6 Å². The maximum Gasteiger partial charge on any atom is 0.354 e. The van der Waals surface area contributed by atoms with Crippen molar-refractivity contribution in [1.29, 1.82) is 0 Å². The van der Waals surface area contributed by atoms with E-state index in [2.05, 4.69) is 9.97 Å². The number of methoxy groups -OCH3 is 1. The molecular formula is C21H27N3O4. The number of Topliss-reactive ketones (excluding diaryl/α,β-unsaturated/α-hetero) is 1. The second-order valence-electron chi connectivity index (χ2n) is 7.14. The molecule has 1 amide bonds. The van der Waals surface area contributed by atoms with E-state index in [9.17, 15) is 14.4 Å². The van der Waals surface area contributed by atoms with Crippen LogP contribution in [0.3, 0.4) is 0 Å². The number of ether oxygens (including phenoxy) is 1. The number of rotatable bonds is 7. The van der Waals surface area contributed by atoms with Gasteiger partial charge in [0.1, 0.15) is 5.69 Å². The van der Waals surface area contributed by atoms with Gasteiger partial charge in [-0.15, -0.1) is 0 Å². The van der Waals surface area contributed by atoms with Crippen LogP contribution in [0.25, 0.3) is 0 Å². The van der Waals surface area contributed by atoms with Crippen molar-refractivity contribution in [3.8, 4) is 0 Å². The number of amides is 1. The van der Waals surface area contributed by atoms with Crippen molar-refractivity contribution in [1.82, 2.24) is 14.9 Å². The van der Waals surface area contributed by atoms with Crippen LogP contribution in [-0.4, -0.2) is 45.7 Å². The lowest BCUT2D eigenvalue weighted by Crippen LogP contribution is -2.44. The Labute approximate surface area is 165 Å². The van der Waals surface area contributed by atoms with E-state index in [0.717, 1.165) is 5.56 Å². The standard InChI is InChI=1S/C21H27N3O4/c1-12(2)20(26)24(11-16-8-7-9-22-10-16)15(5)19(25)17-13(3)18(21(27)28-6)23-14(17)4/h7-10,12,15,23H,11H2,1-6H3. The summed E-state index contributed by atoms with van der Waals surface area (Å²) in [5.74, 6) is -1.13. The number of hydrogen-bond acceptors (Lipinski definition) is 5. The van der Waals surface area contributed by atoms with Crippen LogP contribution in [0.2, 0.25) is 0 Å². The number of aromatic nitrogens is 2. The van der Waals surface area contributed by atoms with Crippen LogP contribution in [0.4, 0.5) is 0 Å². The van der Waals surface area contributed by atoms with E-state index in [4.69, 9.17) is 4.74 Å². The molecule has 0 aliphatic heterocycles. The minimum atomic E-state index is -0.700. The zero-order valence-electron chi connectivity index (χ0n) is 17.2. The number of H-pyrrole nitrogens is 1. The summed E-state index contributed by atoms with van der Waals surface area (Å²) in [5.41, 5.74) is 2.62. The normalized spacial score (nSPS) is 12.0. The molecule has 0 spiro atoms. The molecule has 28 heavy (non-hydrogen) atoms. The average molecular weight is 385 g/mol. The fourth-order valence-corrected chi connectivity index (χ4v) is 3.20. The Kier molecular flexibility index (Phi) is 6.72. The third kappa shape index (κ3) is 4.30. The molecule has 0 bridgehead atoms. The molecule has 0 fully saturated rings. The van der Waals surface area contributed by atoms with Crippen molar-refractivity contribution < 1.29 is 19.1 Å². The van der Waals surface area contributed by atoms with Crippen LogP contribution >= 0.6 is 0 Å². The van der Waals surface area contributed by atoms with Crippen molar-refractivity contribution in [3.05, 3.63) is 52.6 Å². The molecule has 2 heterocycles. The Morgan fingerprint density at radius 3 is 2.43 bits per heavy atom. The lowest BCUT2D eigenvalue weighted by molar-refractivity contribution is -0.136. The second-order valence-corrected chi connectivity index (χ2v) is 7.14. The van der Waals surface area contributed by atoms with Gasteiger partial charge in [-0.3, -0.25) is 14.6 Å². The Balaban J connectivity index is 2.40. The number of aromatic amines is 1. The predicted molar refractivity (Wildman–Crippen MR) is 105 cm³/mol. The van der Waals surface area contributed by atoms with E-state index in [1.54, 1.807) is 58.0 Å². The Bertz CT molecular complexity index is 871. The maximum absolute atomic E-state index is 13.3. The molecule has 2 rings (SSSR count). The van der Waals surface area contributed by atoms with Crippen LogP contribution in [0.5, 0.6) is 0 Å². The molecule has 0 aliphatic carbocycles. The molecule has 1 atom stereocenters. The minimum absolute atomic E-state index is 0.122. The van der Waals surface area contributed by atoms with Crippen molar-refractivity contribution in [2.24, 2.45) is 5.92 Å². The lowest BCUT2D eigenvalue weighted by Gasteiger charge is -2.30. The summed E-state index contributed by atoms with van der Waals surface area (Å²) >= 11 is 0. The topological polar surface area (TPSA) is 92.4 Å². The highest BCUT2D eigenvalue weighted by Crippen LogP contribution is 2.23. The molecule has 150 valence electrons. The molecular weight excluding hydrogens is 358 g/mol. The van der Waals surface area contributed by atoms with Crippen molar-refractivity contribution in [3.63, 3.8) is 0 Å². The first-order valence-electron chi connectivity index (χ1n) is 9.20. The van der Waals surface area contributed by atoms with Crippen LogP contribution in [0.15, 0.2) is 24.5 Å². The monoisotopic (exact) mass is 385 g/mol. The number of aryl methyl sites for hydroxylation is 1. The minimum Gasteiger partial charge on any atom is -0.464 e. The second kappa shape index (κ2) is 8.82. The predicted octanol–water partition coefficient (Wildman–Crippen LogP) is 3.07. The molecule has 0 saturated heterocycles. The summed E-state index contributed by atoms with van der Waals surface area (Å²) in [6, 6.07) is 2.96. The van der Waals surface area contributed by atoms with Crippen molar-refractivity contribution in [2.45, 2.75) is 47.2 Å². The number of esters is 1. The molecule has 0 saturated carbocycles. The number of carbonyl (C=O) groups excluding carboxylic acids is 3. The lowest BCUT2D eigenvalue weighted by atomic mass is 9.98. The Morgan fingerprint density at radius 2 is 1.89 bits per heavy atom. The fraction of sp³-hybridized carbons (Fsp3) is 0.429. The van der Waals surface area contributed by atoms with Crippen LogP contribution < -0.4 is 0 Å². The first-order valence-corrected chi connectivity index (χ1v) is 9.20. The van der Waals surface area contributed by atoms with E-state index in [1.165, 1.54) is 7.11 Å². The van der Waals surface area contributed by atoms with Gasteiger partial charge in [-0.25, -0.2) is 4.79 Å². The molecule has 7 nitrogen and oxygen atoms in total. The van der Waals surface area contributed by atoms with Gasteiger partial charge in [0, 0.05) is 36.1 Å². The van der Waals surface area contributed by atoms with Crippen molar-refractivity contribution >= 4 is 17.7 Å². The molecule has 7 heteroatoms. The molecule has 2 aromatic heterocycles. The number of nitrogens with zero attached hydrogens (tertiary/aromatic N) is 2. The van der Waals surface area contributed by atoms with Gasteiger partial charge in [-0.1, -0.05) is 19.9 Å². The van der Waals surface area contributed by atoms with Gasteiger partial charge in [0.05, 0.1) is 13.2 Å². The van der Waals surface area contributed by atoms with Gasteiger partial charge in [0.15, 0.2) is 5.78 Å². The molecule has 0 radical (unpaired) electrons. The van der Waals surface area contributed by atoms with Gasteiger partial charge in [0.2, 0.25) is 5.91 Å². The van der Waals surface area contributed by atoms with Crippen LogP contribution in [0, 0.1) is 19.8 Å². The van der Waals surface area contributed by atoms with E-state index >= 15 is 0 Å². The van der Waals surface area contributed by atoms with Crippen molar-refractivity contribution in [2.75, 3.05) is 7.11 Å². The number of pyridine rings is 1. The van der Waals surface area contributed by atoms with E-state index < -0.39 is 12.0 Å². The third-order valence-corrected chi connectivity index (χ3v) is 4.77. The smallest absolute Gasteiger partial charge is 0.354 e. The Hall–Kier alpha value is -2.96. The first-order chi connectivity index (χ1) is 13.2. The summed E-state index contributed by atoms with van der Waals surface area (Å²) in [5, 5.41) is 0. The zero-order chi connectivity index (χ0) is 21.0. The summed E-state index contributed by atoms with van der Waals surface area (Å²) in [7, 11) is 1.29. The molecule has 1 N–H and O–H groups in total. The quantitative estimate of drug-likeness (QED) is 0.584. The average Bonchev–Trinajstić information content (AvgIpc) is 2.98. The van der Waals surface area contributed by atoms with Gasteiger partial charge in [0.25, 0.3) is 0 Å². The zero-order valence-corrected chi connectivity index (χ0v) is 17.2. The maximum atomic E-state index is 13.3. The summed E-state index contributed by atoms with van der Waals surface area (Å²) in [6.45, 7) is 9.03. The van der Waals surface area contributed by atoms with Crippen LogP contribution in [-0.2, 0) is 16.1 Å². The third-order valence-electron chi connectivity index (χ3n) is 4.77. The molecule has 2 aromatic rings. The highest BCUT2D eigenvalue weighted by Gasteiger charge is 2.32. The number of carbonyl (C=O) groups is 3. The largest absolute Gasteiger partial charge is 0.464 e. The highest BCUT2D eigenvalue weighted by atomic mass is 16.5. The van der Waals surface area contributed by atoms with Gasteiger partial charge >= 0.3 is 5.97 Å². The summed E-state index contributed by atoms with van der Waals surface area (Å²) in [6.07, 6.45) is 3.34. The first kappa shape index (κ1) is 21.3. The highest BCUT2D eigenvalue weighted by molar-refractivity contribution is 6.06. The van der Waals surface area contributed by atoms with E-state index in [0.29, 0.717) is 16.8 Å². The Morgan fingerprint density at radius 1 is 1.21 bits per heavy atom. The van der Waals surface area contributed by atoms with Gasteiger partial charge in [-0.05, 0) is 38.0 Å². The van der Waals surface area contributed by atoms with E-state index in [1.807, 2.05) is 6.07 Å². The number of hydrogen-bond donors (Lipinski definition) is 1. The number of ketones is 1. The molecule has 0 aliphatic rings. The van der Waals surface area contributed by atoms with E-state index in [-0.39, 0.29) is 29.8 Å². The van der Waals surface area contributed by atoms with Crippen LogP contribution in [0.1, 0.15) is 58.4 Å². The molecule has 1 unspecified atom stereocenters. The summed E-state index contributed by atoms with van der Waals surface area (Å²) in [4.78, 5) is 46.6. The summed E-state index contributed by atoms with van der Waals surface area (Å²) < 4.78 is 4.77. The number of nitrogens with one attached hydrogen (secondary N) is 1. The SMILES string of the molecule is COC(=O)c1[nH]c(C)c(C(=O)C(C)N(Cc2cccnc2)C(=O)C(C)C)c1C.